The summed E-state index contributed by atoms with van der Waals surface area (Å²) in [5, 5.41) is 144. The molecule has 0 bridgehead atoms. The summed E-state index contributed by atoms with van der Waals surface area (Å²) in [5.41, 5.74) is 73.7. The van der Waals surface area contributed by atoms with Crippen molar-refractivity contribution in [2.24, 2.45) is 68.8 Å². The van der Waals surface area contributed by atoms with Crippen molar-refractivity contribution in [3.8, 4) is 0 Å². The molecule has 6 aliphatic heterocycles. The van der Waals surface area contributed by atoms with E-state index in [1.165, 1.54) is 23.5 Å². The lowest BCUT2D eigenvalue weighted by atomic mass is 9.84. The van der Waals surface area contributed by atoms with Crippen LogP contribution in [-0.4, -0.2) is 406 Å². The van der Waals surface area contributed by atoms with Crippen molar-refractivity contribution >= 4 is 58.2 Å². The van der Waals surface area contributed by atoms with Crippen molar-refractivity contribution in [3.05, 3.63) is 0 Å². The lowest BCUT2D eigenvalue weighted by Gasteiger charge is -2.47. The van der Waals surface area contributed by atoms with Gasteiger partial charge in [0.2, 0.25) is 0 Å². The Morgan fingerprint density at radius 2 is 0.587 bits per heavy atom. The molecule has 8 rings (SSSR count). The van der Waals surface area contributed by atoms with Crippen LogP contribution in [0.2, 0.25) is 0 Å². The third-order valence-corrected chi connectivity index (χ3v) is 22.1. The molecule has 21 unspecified atom stereocenters. The lowest BCUT2D eigenvalue weighted by molar-refractivity contribution is -0.306. The minimum absolute atomic E-state index is 0.0556. The van der Waals surface area contributed by atoms with E-state index >= 15 is 0 Å². The number of ether oxygens (including phenoxy) is 14. The van der Waals surface area contributed by atoms with Gasteiger partial charge in [0.25, 0.3) is 0 Å². The SMILES string of the molecule is NCC1O[C@H](OC2C(N)C[C@@H](N)C(O)[C@H]2O[C@@H]2O[C@H](CSCCNC(=S)NCCOCCOCCNC(=S)NCCSC[C@H]3O[C@@H](OC4C(O[C@@H]5OC(CN)C(O)[C@H](O)C5N)C(N)C[C@H](N)[C@@H]4O)C(O)C3O[C@@H]3O[C@H](CN)C(O)C(O)C3N)[C@H](O[C@H]3O[C@@H](CN)C(O)C(O)C3N)C2O)C(N)[C@@H](O)C1O. The second-order valence-corrected chi connectivity index (χ2v) is 30.0. The zero-order chi connectivity index (χ0) is 76.0. The van der Waals surface area contributed by atoms with Crippen LogP contribution >= 0.6 is 48.0 Å². The molecule has 2 saturated carbocycles. The minimum Gasteiger partial charge on any atom is -0.389 e. The molecule has 0 radical (unpaired) electrons. The minimum atomic E-state index is -1.60. The van der Waals surface area contributed by atoms with Crippen LogP contribution in [0.15, 0.2) is 0 Å². The number of thiocarbonyl (C=S) groups is 2. The van der Waals surface area contributed by atoms with E-state index < -0.39 is 233 Å². The van der Waals surface area contributed by atoms with Gasteiger partial charge < -0.3 is 218 Å². The maximum absolute atomic E-state index is 11.9. The molecule has 0 aromatic carbocycles. The van der Waals surface area contributed by atoms with Crippen LogP contribution in [0.3, 0.4) is 0 Å². The summed E-state index contributed by atoms with van der Waals surface area (Å²) in [6.45, 7) is 1.93. The Morgan fingerprint density at radius 3 is 0.885 bits per heavy atom. The Hall–Kier alpha value is -1.44. The van der Waals surface area contributed by atoms with Crippen LogP contribution in [0.25, 0.3) is 0 Å². The average Bonchev–Trinajstić information content (AvgIpc) is 1.69. The quantitative estimate of drug-likeness (QED) is 0.0207. The summed E-state index contributed by atoms with van der Waals surface area (Å²) in [6.07, 6.45) is -40.0. The van der Waals surface area contributed by atoms with Crippen LogP contribution in [0.1, 0.15) is 12.8 Å². The second kappa shape index (κ2) is 41.9. The predicted octanol–water partition coefficient (Wildman–Crippen LogP) is -16.3. The maximum atomic E-state index is 11.9. The molecule has 38 atom stereocenters. The molecule has 104 heavy (non-hydrogen) atoms. The Bertz CT molecular complexity index is 2400. The van der Waals surface area contributed by atoms with Gasteiger partial charge in [-0.15, -0.1) is 0 Å². The molecule has 6 saturated heterocycles. The molecule has 8 fully saturated rings. The first-order valence-electron chi connectivity index (χ1n) is 34.8. The van der Waals surface area contributed by atoms with Crippen LogP contribution in [0.5, 0.6) is 0 Å². The number of aliphatic hydroxyl groups is 12. The van der Waals surface area contributed by atoms with E-state index in [1.807, 2.05) is 0 Å². The molecule has 42 nitrogen and oxygen atoms in total. The molecule has 8 aliphatic rings. The van der Waals surface area contributed by atoms with Crippen molar-refractivity contribution in [1.29, 1.82) is 0 Å². The van der Waals surface area contributed by atoms with Gasteiger partial charge in [-0.1, -0.05) is 0 Å². The Morgan fingerprint density at radius 1 is 0.317 bits per heavy atom. The molecular weight excluding hydrogens is 1460 g/mol. The van der Waals surface area contributed by atoms with E-state index in [2.05, 4.69) is 21.3 Å². The molecule has 0 spiro atoms. The lowest BCUT2D eigenvalue weighted by Crippen LogP contribution is -2.68. The van der Waals surface area contributed by atoms with Gasteiger partial charge in [0.15, 0.2) is 48.0 Å². The van der Waals surface area contributed by atoms with Gasteiger partial charge in [0, 0.05) is 99.5 Å². The number of hydrogen-bond donors (Lipinski definition) is 28. The van der Waals surface area contributed by atoms with E-state index in [1.54, 1.807) is 0 Å². The van der Waals surface area contributed by atoms with Crippen molar-refractivity contribution in [3.63, 3.8) is 0 Å². The smallest absolute Gasteiger partial charge is 0.187 e. The third-order valence-electron chi connectivity index (χ3n) is 19.4. The number of rotatable bonds is 35. The van der Waals surface area contributed by atoms with Gasteiger partial charge in [0.05, 0.1) is 75.0 Å². The van der Waals surface area contributed by atoms with E-state index in [-0.39, 0.29) is 63.7 Å². The van der Waals surface area contributed by atoms with Gasteiger partial charge in [0.1, 0.15) is 122 Å². The van der Waals surface area contributed by atoms with Crippen LogP contribution in [0.4, 0.5) is 0 Å². The number of nitrogens with one attached hydrogen (secondary N) is 4. The van der Waals surface area contributed by atoms with Gasteiger partial charge in [-0.05, 0) is 37.3 Å². The Labute approximate surface area is 620 Å². The predicted molar refractivity (Wildman–Crippen MR) is 376 cm³/mol. The fraction of sp³-hybridized carbons (Fsp3) is 0.966. The van der Waals surface area contributed by atoms with Crippen LogP contribution < -0.4 is 90.1 Å². The molecule has 0 amide bonds. The first-order valence-corrected chi connectivity index (χ1v) is 37.9. The summed E-state index contributed by atoms with van der Waals surface area (Å²) in [6, 6.07) is -8.74. The maximum Gasteiger partial charge on any atom is 0.187 e. The molecule has 46 heteroatoms. The van der Waals surface area contributed by atoms with Crippen LogP contribution in [-0.2, 0) is 66.3 Å². The second-order valence-electron chi connectivity index (χ2n) is 26.9. The summed E-state index contributed by atoms with van der Waals surface area (Å²) >= 11 is 13.7. The highest BCUT2D eigenvalue weighted by atomic mass is 32.2. The standard InChI is InChI=1S/C58H114N16O26S4/c59-13-23-35(77)39(81)29(67)51(89-23)95-45-21(65)11-19(63)33(75)49(45)99-55-43(85)47(97-53-31(69)41(83)37(79)25(15-61)91-53)27(93-55)17-103-9-3-73-57(101)71-1-5-87-7-8-88-6-2-72-58(102)74-4-10-104-18-28-48(98-54-32(70)42(84)38(80)26(16-62)92-54)44(86)56(94-28)100-50-34(76)20(64)12-22(66)46(50)96-52-30(68)40(82)36(78)24(14-60)90-52/h19-56,75-86H,1-18,59-70H2,(H2,71,73,101)(H2,72,74,102)/t19-,20+,21?,22?,23?,24?,25+,26-,27-,28-,29?,30?,31?,32?,33?,34+,35?,36?,37?,38?,39-,40-,41?,42?,43?,44?,45?,46?,47+,48?,49-,50?,51-,52+,53-,54+,55+,56+/m1/s1. The largest absolute Gasteiger partial charge is 0.389 e. The molecule has 2 aliphatic carbocycles. The highest BCUT2D eigenvalue weighted by molar-refractivity contribution is 7.99. The van der Waals surface area contributed by atoms with Crippen molar-refractivity contribution in [1.82, 2.24) is 21.3 Å². The number of hydrogen-bond acceptors (Lipinski definition) is 42. The van der Waals surface area contributed by atoms with E-state index in [0.717, 1.165) is 0 Å². The van der Waals surface area contributed by atoms with Gasteiger partial charge >= 0.3 is 0 Å². The summed E-state index contributed by atoms with van der Waals surface area (Å²) < 4.78 is 84.6. The summed E-state index contributed by atoms with van der Waals surface area (Å²) in [7, 11) is 0. The Kier molecular flexibility index (Phi) is 35.5. The summed E-state index contributed by atoms with van der Waals surface area (Å²) in [4.78, 5) is 0. The number of thioether (sulfide) groups is 2. The zero-order valence-electron chi connectivity index (χ0n) is 57.3. The molecule has 606 valence electrons. The normalized spacial score (nSPS) is 45.7. The molecule has 0 aromatic rings. The molecule has 0 aromatic heterocycles. The average molecular weight is 1580 g/mol. The zero-order valence-corrected chi connectivity index (χ0v) is 60.6. The van der Waals surface area contributed by atoms with Crippen molar-refractivity contribution in [2.75, 3.05) is 102 Å². The van der Waals surface area contributed by atoms with E-state index in [4.69, 9.17) is 160 Å². The fourth-order valence-corrected chi connectivity index (χ4v) is 15.5. The third kappa shape index (κ3) is 22.3. The van der Waals surface area contributed by atoms with Gasteiger partial charge in [-0.3, -0.25) is 0 Å². The monoisotopic (exact) mass is 1580 g/mol. The fourth-order valence-electron chi connectivity index (χ4n) is 13.3. The summed E-state index contributed by atoms with van der Waals surface area (Å²) in [5.74, 6) is 1.29. The highest BCUT2D eigenvalue weighted by Crippen LogP contribution is 2.38. The number of nitrogens with two attached hydrogens (primary N) is 12. The van der Waals surface area contributed by atoms with E-state index in [9.17, 15) is 61.3 Å². The van der Waals surface area contributed by atoms with Gasteiger partial charge in [-0.2, -0.15) is 23.5 Å². The van der Waals surface area contributed by atoms with E-state index in [0.29, 0.717) is 61.1 Å². The highest BCUT2D eigenvalue weighted by Gasteiger charge is 2.57. The van der Waals surface area contributed by atoms with Gasteiger partial charge in [-0.25, -0.2) is 0 Å². The first-order chi connectivity index (χ1) is 49.5. The Balaban J connectivity index is 0.720. The first kappa shape index (κ1) is 88.1. The van der Waals surface area contributed by atoms with Crippen molar-refractivity contribution in [2.45, 2.75) is 245 Å². The topological polar surface area (TPSA) is 732 Å². The number of aliphatic hydroxyl groups excluding tert-OH is 12. The van der Waals surface area contributed by atoms with Crippen LogP contribution in [0, 0.1) is 0 Å². The molecule has 6 heterocycles. The van der Waals surface area contributed by atoms with Crippen molar-refractivity contribution < 1.29 is 128 Å². The molecule has 40 N–H and O–H groups in total. The molecular formula is C58H114N16O26S4.